The molecule has 2 aromatic carbocycles. The highest BCUT2D eigenvalue weighted by Crippen LogP contribution is 2.32. The van der Waals surface area contributed by atoms with E-state index in [0.29, 0.717) is 13.0 Å². The fourth-order valence-electron chi connectivity index (χ4n) is 1.86. The van der Waals surface area contributed by atoms with E-state index in [1.807, 2.05) is 5.32 Å². The van der Waals surface area contributed by atoms with Gasteiger partial charge in [0.25, 0.3) is 5.91 Å². The predicted molar refractivity (Wildman–Crippen MR) is 84.6 cm³/mol. The number of rotatable bonds is 4. The fraction of sp³-hybridized carbons (Fsp3) is 0.188. The number of hydrogen-bond acceptors (Lipinski definition) is 2. The van der Waals surface area contributed by atoms with Crippen LogP contribution in [0.4, 0.5) is 32.0 Å². The summed E-state index contributed by atoms with van der Waals surface area (Å²) in [6.07, 6.45) is -7.05. The van der Waals surface area contributed by atoms with Gasteiger partial charge in [0.2, 0.25) is 0 Å². The molecule has 0 aliphatic rings. The lowest BCUT2D eigenvalue weighted by Crippen LogP contribution is -2.32. The van der Waals surface area contributed by atoms with Crippen molar-refractivity contribution in [2.24, 2.45) is 0 Å². The molecule has 0 radical (unpaired) electrons. The topological polar surface area (TPSA) is 38.3 Å². The molecule has 1 amide bonds. The van der Waals surface area contributed by atoms with Crippen molar-refractivity contribution in [3.8, 4) is 5.75 Å². The summed E-state index contributed by atoms with van der Waals surface area (Å²) in [5, 5.41) is 1.86. The van der Waals surface area contributed by atoms with Gasteiger partial charge in [0.05, 0.1) is 10.0 Å². The molecule has 3 nitrogen and oxygen atoms in total. The molecule has 0 saturated heterocycles. The van der Waals surface area contributed by atoms with E-state index in [-0.39, 0.29) is 4.47 Å². The zero-order valence-electron chi connectivity index (χ0n) is 12.9. The lowest BCUT2D eigenvalue weighted by atomic mass is 10.1. The van der Waals surface area contributed by atoms with E-state index in [4.69, 9.17) is 4.74 Å². The predicted octanol–water partition coefficient (Wildman–Crippen LogP) is 5.45. The van der Waals surface area contributed by atoms with Crippen molar-refractivity contribution in [1.29, 1.82) is 0 Å². The maximum atomic E-state index is 13.7. The van der Waals surface area contributed by atoms with Crippen LogP contribution in [0, 0.1) is 17.5 Å². The molecule has 0 spiro atoms. The van der Waals surface area contributed by atoms with E-state index >= 15 is 0 Å². The summed E-state index contributed by atoms with van der Waals surface area (Å²) in [6.45, 7) is 0.690. The summed E-state index contributed by atoms with van der Waals surface area (Å²) in [5.74, 6) is -5.05. The van der Waals surface area contributed by atoms with E-state index in [1.165, 1.54) is 0 Å². The van der Waals surface area contributed by atoms with Gasteiger partial charge in [-0.15, -0.1) is 0 Å². The third-order valence-corrected chi connectivity index (χ3v) is 3.84. The van der Waals surface area contributed by atoms with Crippen molar-refractivity contribution in [2.75, 3.05) is 5.32 Å². The number of anilines is 1. The maximum absolute atomic E-state index is 13.7. The van der Waals surface area contributed by atoms with Crippen LogP contribution in [0.25, 0.3) is 0 Å². The number of nitrogens with one attached hydrogen (secondary N) is 1. The molecule has 1 atom stereocenters. The van der Waals surface area contributed by atoms with E-state index in [9.17, 15) is 31.1 Å². The first-order valence-corrected chi connectivity index (χ1v) is 7.77. The van der Waals surface area contributed by atoms with Crippen LogP contribution in [-0.2, 0) is 0 Å². The highest BCUT2D eigenvalue weighted by atomic mass is 79.9. The van der Waals surface area contributed by atoms with Crippen molar-refractivity contribution in [1.82, 2.24) is 0 Å². The summed E-state index contributed by atoms with van der Waals surface area (Å²) in [5.41, 5.74) is -1.49. The Labute approximate surface area is 152 Å². The molecule has 0 aromatic heterocycles. The molecule has 0 saturated carbocycles. The Kier molecular flexibility index (Phi) is 5.84. The fourth-order valence-corrected chi connectivity index (χ4v) is 2.18. The van der Waals surface area contributed by atoms with Crippen molar-refractivity contribution in [3.63, 3.8) is 0 Å². The van der Waals surface area contributed by atoms with Crippen molar-refractivity contribution in [3.05, 3.63) is 57.8 Å². The summed E-state index contributed by atoms with van der Waals surface area (Å²) >= 11 is 2.77. The highest BCUT2D eigenvalue weighted by molar-refractivity contribution is 9.10. The third kappa shape index (κ3) is 4.48. The zero-order chi connectivity index (χ0) is 19.6. The highest BCUT2D eigenvalue weighted by Gasteiger charge is 2.38. The molecule has 0 heterocycles. The quantitative estimate of drug-likeness (QED) is 0.640. The van der Waals surface area contributed by atoms with E-state index in [2.05, 4.69) is 15.9 Å². The van der Waals surface area contributed by atoms with E-state index in [0.717, 1.165) is 24.3 Å². The van der Waals surface area contributed by atoms with E-state index in [1.54, 1.807) is 0 Å². The summed E-state index contributed by atoms with van der Waals surface area (Å²) < 4.78 is 83.5. The molecule has 0 aliphatic carbocycles. The Morgan fingerprint density at radius 3 is 2.23 bits per heavy atom. The SMILES string of the molecule is C[C@H](Oc1cc(Br)c(F)cc1C(=O)Nc1c(F)cccc1F)C(F)(F)F. The molecule has 0 aliphatic heterocycles. The van der Waals surface area contributed by atoms with Gasteiger partial charge < -0.3 is 10.1 Å². The molecule has 0 fully saturated rings. The molecule has 0 bridgehead atoms. The molecule has 26 heavy (non-hydrogen) atoms. The number of para-hydroxylation sites is 1. The summed E-state index contributed by atoms with van der Waals surface area (Å²) in [4.78, 5) is 12.2. The Balaban J connectivity index is 2.41. The second-order valence-corrected chi connectivity index (χ2v) is 5.97. The van der Waals surface area contributed by atoms with E-state index < -0.39 is 52.6 Å². The van der Waals surface area contributed by atoms with Crippen LogP contribution < -0.4 is 10.1 Å². The summed E-state index contributed by atoms with van der Waals surface area (Å²) in [7, 11) is 0. The number of alkyl halides is 3. The average molecular weight is 442 g/mol. The molecule has 0 unspecified atom stereocenters. The number of carbonyl (C=O) groups excluding carboxylic acids is 1. The minimum Gasteiger partial charge on any atom is -0.480 e. The number of hydrogen-bond donors (Lipinski definition) is 1. The van der Waals surface area contributed by atoms with Crippen molar-refractivity contribution < 1.29 is 35.9 Å². The minimum atomic E-state index is -4.74. The Morgan fingerprint density at radius 1 is 1.12 bits per heavy atom. The number of amides is 1. The number of halogens is 7. The number of ether oxygens (including phenoxy) is 1. The minimum absolute atomic E-state index is 0.254. The monoisotopic (exact) mass is 441 g/mol. The van der Waals surface area contributed by atoms with Gasteiger partial charge in [0, 0.05) is 0 Å². The van der Waals surface area contributed by atoms with Crippen LogP contribution in [0.5, 0.6) is 5.75 Å². The van der Waals surface area contributed by atoms with Crippen LogP contribution in [0.2, 0.25) is 0 Å². The van der Waals surface area contributed by atoms with Crippen LogP contribution in [0.15, 0.2) is 34.8 Å². The van der Waals surface area contributed by atoms with Gasteiger partial charge in [-0.25, -0.2) is 13.2 Å². The van der Waals surface area contributed by atoms with Crippen LogP contribution in [-0.4, -0.2) is 18.2 Å². The van der Waals surface area contributed by atoms with Crippen molar-refractivity contribution >= 4 is 27.5 Å². The molecule has 10 heteroatoms. The first-order chi connectivity index (χ1) is 12.0. The molecule has 140 valence electrons. The number of carbonyl (C=O) groups is 1. The van der Waals surface area contributed by atoms with Gasteiger partial charge in [-0.05, 0) is 47.1 Å². The van der Waals surface area contributed by atoms with Crippen LogP contribution >= 0.6 is 15.9 Å². The second-order valence-electron chi connectivity index (χ2n) is 5.11. The molecule has 1 N–H and O–H groups in total. The van der Waals surface area contributed by atoms with Gasteiger partial charge in [-0.1, -0.05) is 6.07 Å². The third-order valence-electron chi connectivity index (χ3n) is 3.23. The molecule has 2 rings (SSSR count). The lowest BCUT2D eigenvalue weighted by Gasteiger charge is -2.20. The Morgan fingerprint density at radius 2 is 1.69 bits per heavy atom. The second kappa shape index (κ2) is 7.56. The normalized spacial score (nSPS) is 12.6. The maximum Gasteiger partial charge on any atom is 0.425 e. The summed E-state index contributed by atoms with van der Waals surface area (Å²) in [6, 6.07) is 4.20. The first kappa shape index (κ1) is 20.1. The smallest absolute Gasteiger partial charge is 0.425 e. The van der Waals surface area contributed by atoms with Gasteiger partial charge in [-0.2, -0.15) is 13.2 Å². The van der Waals surface area contributed by atoms with Crippen molar-refractivity contribution in [2.45, 2.75) is 19.2 Å². The molecular formula is C16H10BrF6NO2. The lowest BCUT2D eigenvalue weighted by molar-refractivity contribution is -0.189. The number of benzene rings is 2. The van der Waals surface area contributed by atoms with Gasteiger partial charge >= 0.3 is 6.18 Å². The van der Waals surface area contributed by atoms with Crippen LogP contribution in [0.3, 0.4) is 0 Å². The Hall–Kier alpha value is -2.23. The zero-order valence-corrected chi connectivity index (χ0v) is 14.5. The average Bonchev–Trinajstić information content (AvgIpc) is 2.53. The standard InChI is InChI=1S/C16H10BrF6NO2/c1-7(16(21,22)23)26-13-6-9(17)12(20)5-8(13)15(25)24-14-10(18)3-2-4-11(14)19/h2-7H,1H3,(H,24,25)/t7-/m0/s1. The van der Waals surface area contributed by atoms with Gasteiger partial charge in [0.1, 0.15) is 28.9 Å². The first-order valence-electron chi connectivity index (χ1n) is 6.98. The largest absolute Gasteiger partial charge is 0.480 e. The Bertz CT molecular complexity index is 820. The molecular weight excluding hydrogens is 432 g/mol. The van der Waals surface area contributed by atoms with Gasteiger partial charge in [-0.3, -0.25) is 4.79 Å². The molecule has 2 aromatic rings. The van der Waals surface area contributed by atoms with Gasteiger partial charge in [0.15, 0.2) is 6.10 Å². The van der Waals surface area contributed by atoms with Crippen LogP contribution in [0.1, 0.15) is 17.3 Å².